The Bertz CT molecular complexity index is 720. The van der Waals surface area contributed by atoms with Gasteiger partial charge >= 0.3 is 6.03 Å². The number of hydrazine groups is 1. The first-order valence-electron chi connectivity index (χ1n) is 11.2. The van der Waals surface area contributed by atoms with Crippen molar-refractivity contribution in [1.29, 1.82) is 0 Å². The Labute approximate surface area is 180 Å². The van der Waals surface area contributed by atoms with Crippen LogP contribution >= 0.6 is 0 Å². The number of nitrogens with one attached hydrogen (secondary N) is 1. The molecule has 7 heteroatoms. The van der Waals surface area contributed by atoms with Crippen LogP contribution in [0.3, 0.4) is 0 Å². The topological polar surface area (TPSA) is 96.9 Å². The number of rotatable bonds is 7. The molecule has 2 aliphatic rings. The molecule has 5 N–H and O–H groups in total. The van der Waals surface area contributed by atoms with Crippen molar-refractivity contribution in [1.82, 2.24) is 15.2 Å². The predicted octanol–water partition coefficient (Wildman–Crippen LogP) is 3.41. The van der Waals surface area contributed by atoms with E-state index in [1.54, 1.807) is 11.9 Å². The number of likely N-dealkylation sites (N-methyl/N-ethyl adjacent to an activating group) is 1. The number of urea groups is 1. The van der Waals surface area contributed by atoms with E-state index in [2.05, 4.69) is 5.32 Å². The third-order valence-electron chi connectivity index (χ3n) is 6.36. The number of ether oxygens (including phenoxy) is 1. The molecular formula is C23H37N5O2. The number of amides is 2. The highest BCUT2D eigenvalue weighted by atomic mass is 16.5. The van der Waals surface area contributed by atoms with Crippen LogP contribution in [-0.4, -0.2) is 48.7 Å². The summed E-state index contributed by atoms with van der Waals surface area (Å²) in [5.74, 6) is 6.89. The lowest BCUT2D eigenvalue weighted by Crippen LogP contribution is -2.45. The maximum atomic E-state index is 12.5. The summed E-state index contributed by atoms with van der Waals surface area (Å²) < 4.78 is 6.10. The Hall–Kier alpha value is -2.41. The third-order valence-corrected chi connectivity index (χ3v) is 6.36. The standard InChI is InChI=1S/C23H37N5O2/c1-27(18-8-6-7-9-18)23(29)26-16-21(28(2)25)22(24)17-12-14-20(15-13-17)30-19-10-4-3-5-11-19/h12-15,18-19H,3-11,16,24-25H2,1-2H3,(H,26,29)/b22-21-. The van der Waals surface area contributed by atoms with Crippen molar-refractivity contribution in [2.75, 3.05) is 20.6 Å². The van der Waals surface area contributed by atoms with Crippen molar-refractivity contribution in [3.8, 4) is 5.75 Å². The molecule has 0 heterocycles. The van der Waals surface area contributed by atoms with E-state index >= 15 is 0 Å². The van der Waals surface area contributed by atoms with Crippen molar-refractivity contribution in [2.45, 2.75) is 69.9 Å². The van der Waals surface area contributed by atoms with Crippen LogP contribution in [0, 0.1) is 0 Å². The van der Waals surface area contributed by atoms with Crippen LogP contribution in [0.2, 0.25) is 0 Å². The van der Waals surface area contributed by atoms with Gasteiger partial charge in [0.1, 0.15) is 5.75 Å². The van der Waals surface area contributed by atoms with Gasteiger partial charge in [0.15, 0.2) is 0 Å². The van der Waals surface area contributed by atoms with Gasteiger partial charge in [0.05, 0.1) is 24.0 Å². The molecule has 0 saturated heterocycles. The minimum absolute atomic E-state index is 0.0923. The van der Waals surface area contributed by atoms with Gasteiger partial charge in [-0.2, -0.15) is 0 Å². The zero-order valence-electron chi connectivity index (χ0n) is 18.4. The summed E-state index contributed by atoms with van der Waals surface area (Å²) >= 11 is 0. The Morgan fingerprint density at radius 1 is 1.03 bits per heavy atom. The fourth-order valence-electron chi connectivity index (χ4n) is 4.41. The molecule has 2 aliphatic carbocycles. The first-order valence-corrected chi connectivity index (χ1v) is 11.2. The fraction of sp³-hybridized carbons (Fsp3) is 0.609. The smallest absolute Gasteiger partial charge is 0.317 e. The van der Waals surface area contributed by atoms with Crippen LogP contribution < -0.4 is 21.6 Å². The third kappa shape index (κ3) is 5.81. The molecule has 3 rings (SSSR count). The van der Waals surface area contributed by atoms with E-state index in [0.717, 1.165) is 37.0 Å². The predicted molar refractivity (Wildman–Crippen MR) is 120 cm³/mol. The molecule has 0 aromatic heterocycles. The van der Waals surface area contributed by atoms with Gasteiger partial charge < -0.3 is 25.7 Å². The van der Waals surface area contributed by atoms with Gasteiger partial charge in [-0.15, -0.1) is 0 Å². The second kappa shape index (κ2) is 10.6. The second-order valence-corrected chi connectivity index (χ2v) is 8.58. The molecule has 2 saturated carbocycles. The van der Waals surface area contributed by atoms with Crippen LogP contribution in [0.25, 0.3) is 5.70 Å². The van der Waals surface area contributed by atoms with Crippen LogP contribution in [0.4, 0.5) is 4.79 Å². The summed E-state index contributed by atoms with van der Waals surface area (Å²) in [4.78, 5) is 14.3. The number of carbonyl (C=O) groups is 1. The second-order valence-electron chi connectivity index (χ2n) is 8.58. The van der Waals surface area contributed by atoms with Gasteiger partial charge in [-0.3, -0.25) is 0 Å². The zero-order chi connectivity index (χ0) is 21.5. The highest BCUT2D eigenvalue weighted by Gasteiger charge is 2.23. The summed E-state index contributed by atoms with van der Waals surface area (Å²) in [6, 6.07) is 8.04. The summed E-state index contributed by atoms with van der Waals surface area (Å²) in [7, 11) is 3.59. The average molecular weight is 416 g/mol. The van der Waals surface area contributed by atoms with Gasteiger partial charge in [-0.1, -0.05) is 19.3 Å². The summed E-state index contributed by atoms with van der Waals surface area (Å²) in [6.07, 6.45) is 10.9. The molecule has 0 atom stereocenters. The summed E-state index contributed by atoms with van der Waals surface area (Å²) in [6.45, 7) is 0.273. The van der Waals surface area contributed by atoms with Crippen molar-refractivity contribution in [3.05, 3.63) is 35.5 Å². The maximum Gasteiger partial charge on any atom is 0.317 e. The van der Waals surface area contributed by atoms with Gasteiger partial charge in [-0.05, 0) is 68.4 Å². The van der Waals surface area contributed by atoms with E-state index in [-0.39, 0.29) is 12.6 Å². The number of hydrogen-bond acceptors (Lipinski definition) is 5. The van der Waals surface area contributed by atoms with Gasteiger partial charge in [0.25, 0.3) is 0 Å². The molecule has 0 unspecified atom stereocenters. The zero-order valence-corrected chi connectivity index (χ0v) is 18.4. The Morgan fingerprint density at radius 2 is 1.63 bits per heavy atom. The van der Waals surface area contributed by atoms with Crippen molar-refractivity contribution < 1.29 is 9.53 Å². The monoisotopic (exact) mass is 415 g/mol. The van der Waals surface area contributed by atoms with E-state index in [4.69, 9.17) is 16.3 Å². The SMILES string of the molecule is CN(N)/C(CNC(=O)N(C)C1CCCC1)=C(\N)c1ccc(OC2CCCCC2)cc1. The molecule has 0 bridgehead atoms. The lowest BCUT2D eigenvalue weighted by Gasteiger charge is -2.26. The molecule has 0 aliphatic heterocycles. The van der Waals surface area contributed by atoms with Gasteiger partial charge in [0, 0.05) is 20.1 Å². The summed E-state index contributed by atoms with van der Waals surface area (Å²) in [5, 5.41) is 4.43. The average Bonchev–Trinajstić information content (AvgIpc) is 3.29. The van der Waals surface area contributed by atoms with Crippen LogP contribution in [0.15, 0.2) is 30.0 Å². The molecule has 2 fully saturated rings. The van der Waals surface area contributed by atoms with Gasteiger partial charge in [0.2, 0.25) is 0 Å². The normalized spacial score (nSPS) is 18.6. The van der Waals surface area contributed by atoms with Crippen molar-refractivity contribution >= 4 is 11.7 Å². The Kier molecular flexibility index (Phi) is 7.85. The lowest BCUT2D eigenvalue weighted by atomic mass is 9.98. The largest absolute Gasteiger partial charge is 0.490 e. The molecule has 30 heavy (non-hydrogen) atoms. The van der Waals surface area contributed by atoms with Crippen molar-refractivity contribution in [3.63, 3.8) is 0 Å². The molecule has 2 amide bonds. The molecule has 1 aromatic rings. The minimum atomic E-state index is -0.0923. The number of nitrogens with zero attached hydrogens (tertiary/aromatic N) is 2. The van der Waals surface area contributed by atoms with Gasteiger partial charge in [-0.25, -0.2) is 10.6 Å². The number of benzene rings is 1. The molecular weight excluding hydrogens is 378 g/mol. The van der Waals surface area contributed by atoms with Crippen LogP contribution in [0.5, 0.6) is 5.75 Å². The highest BCUT2D eigenvalue weighted by molar-refractivity contribution is 5.75. The number of hydrogen-bond donors (Lipinski definition) is 3. The van der Waals surface area contributed by atoms with E-state index in [9.17, 15) is 4.79 Å². The molecule has 7 nitrogen and oxygen atoms in total. The molecule has 0 radical (unpaired) electrons. The molecule has 0 spiro atoms. The molecule has 1 aromatic carbocycles. The summed E-state index contributed by atoms with van der Waals surface area (Å²) in [5.41, 5.74) is 8.49. The maximum absolute atomic E-state index is 12.5. The fourth-order valence-corrected chi connectivity index (χ4v) is 4.41. The van der Waals surface area contributed by atoms with Crippen LogP contribution in [-0.2, 0) is 0 Å². The van der Waals surface area contributed by atoms with E-state index < -0.39 is 0 Å². The van der Waals surface area contributed by atoms with Crippen molar-refractivity contribution in [2.24, 2.45) is 11.6 Å². The first kappa shape index (κ1) is 22.3. The van der Waals surface area contributed by atoms with E-state index in [0.29, 0.717) is 23.5 Å². The highest BCUT2D eigenvalue weighted by Crippen LogP contribution is 2.25. The number of carbonyl (C=O) groups excluding carboxylic acids is 1. The quantitative estimate of drug-likeness (QED) is 0.468. The Morgan fingerprint density at radius 3 is 2.23 bits per heavy atom. The number of nitrogens with two attached hydrogens (primary N) is 2. The lowest BCUT2D eigenvalue weighted by molar-refractivity contribution is 0.155. The molecule has 166 valence electrons. The van der Waals surface area contributed by atoms with E-state index in [1.165, 1.54) is 37.1 Å². The minimum Gasteiger partial charge on any atom is -0.490 e. The Balaban J connectivity index is 1.62. The first-order chi connectivity index (χ1) is 14.5. The van der Waals surface area contributed by atoms with E-state index in [1.807, 2.05) is 31.3 Å². The van der Waals surface area contributed by atoms with Crippen LogP contribution in [0.1, 0.15) is 63.4 Å².